The number of aliphatic carboxylic acids is 1. The van der Waals surface area contributed by atoms with E-state index in [0.717, 1.165) is 19.4 Å². The third-order valence-corrected chi connectivity index (χ3v) is 4.27. The van der Waals surface area contributed by atoms with Gasteiger partial charge in [0.2, 0.25) is 5.91 Å². The van der Waals surface area contributed by atoms with Crippen molar-refractivity contribution in [3.8, 4) is 0 Å². The zero-order valence-corrected chi connectivity index (χ0v) is 12.2. The van der Waals surface area contributed by atoms with Crippen molar-refractivity contribution in [1.29, 1.82) is 0 Å². The highest BCUT2D eigenvalue weighted by molar-refractivity contribution is 5.77. The van der Waals surface area contributed by atoms with Crippen molar-refractivity contribution in [2.24, 2.45) is 23.0 Å². The molecule has 19 heavy (non-hydrogen) atoms. The third-order valence-electron chi connectivity index (χ3n) is 4.27. The minimum Gasteiger partial charge on any atom is -0.481 e. The van der Waals surface area contributed by atoms with Crippen molar-refractivity contribution < 1.29 is 14.7 Å². The molecule has 3 N–H and O–H groups in total. The summed E-state index contributed by atoms with van der Waals surface area (Å²) < 4.78 is 0. The highest BCUT2D eigenvalue weighted by Gasteiger charge is 2.39. The lowest BCUT2D eigenvalue weighted by Crippen LogP contribution is -2.47. The second kappa shape index (κ2) is 6.37. The number of amides is 1. The quantitative estimate of drug-likeness (QED) is 0.789. The maximum Gasteiger partial charge on any atom is 0.309 e. The number of hydrogen-bond acceptors (Lipinski definition) is 3. The largest absolute Gasteiger partial charge is 0.481 e. The van der Waals surface area contributed by atoms with E-state index in [9.17, 15) is 14.7 Å². The third kappa shape index (κ3) is 3.93. The molecule has 0 aromatic carbocycles. The smallest absolute Gasteiger partial charge is 0.309 e. The van der Waals surface area contributed by atoms with Crippen LogP contribution in [-0.2, 0) is 9.59 Å². The normalized spacial score (nSPS) is 22.1. The van der Waals surface area contributed by atoms with E-state index in [1.54, 1.807) is 13.8 Å². The molecule has 110 valence electrons. The Balaban J connectivity index is 2.64. The number of carboxylic acid groups (broad SMARTS) is 1. The number of rotatable bonds is 5. The van der Waals surface area contributed by atoms with E-state index in [1.165, 1.54) is 0 Å². The first-order valence-electron chi connectivity index (χ1n) is 7.00. The average molecular weight is 270 g/mol. The molecule has 1 aliphatic heterocycles. The molecule has 0 spiro atoms. The van der Waals surface area contributed by atoms with E-state index in [-0.39, 0.29) is 17.7 Å². The molecule has 1 amide bonds. The Bertz CT molecular complexity index is 342. The molecule has 0 aromatic rings. The van der Waals surface area contributed by atoms with Crippen LogP contribution in [0, 0.1) is 17.3 Å². The number of carboxylic acids is 1. The molecule has 1 heterocycles. The van der Waals surface area contributed by atoms with Crippen molar-refractivity contribution in [2.75, 3.05) is 19.6 Å². The van der Waals surface area contributed by atoms with Crippen LogP contribution in [0.2, 0.25) is 0 Å². The average Bonchev–Trinajstić information content (AvgIpc) is 2.38. The van der Waals surface area contributed by atoms with Crippen LogP contribution in [0.4, 0.5) is 0 Å². The Morgan fingerprint density at radius 3 is 2.63 bits per heavy atom. The van der Waals surface area contributed by atoms with Crippen molar-refractivity contribution in [1.82, 2.24) is 4.90 Å². The molecule has 0 bridgehead atoms. The lowest BCUT2D eigenvalue weighted by Gasteiger charge is -2.39. The lowest BCUT2D eigenvalue weighted by molar-refractivity contribution is -0.153. The van der Waals surface area contributed by atoms with Gasteiger partial charge in [-0.05, 0) is 45.1 Å². The zero-order chi connectivity index (χ0) is 14.6. The standard InChI is InChI=1S/C14H26N2O3/c1-10(8-15)7-12(17)16-6-4-5-11(9-16)14(2,3)13(18)19/h10-11H,4-9,15H2,1-3H3,(H,18,19). The van der Waals surface area contributed by atoms with Crippen LogP contribution in [0.15, 0.2) is 0 Å². The summed E-state index contributed by atoms with van der Waals surface area (Å²) >= 11 is 0. The van der Waals surface area contributed by atoms with Gasteiger partial charge in [0.05, 0.1) is 5.41 Å². The van der Waals surface area contributed by atoms with E-state index in [0.29, 0.717) is 19.5 Å². The van der Waals surface area contributed by atoms with E-state index >= 15 is 0 Å². The van der Waals surface area contributed by atoms with Crippen molar-refractivity contribution in [3.05, 3.63) is 0 Å². The van der Waals surface area contributed by atoms with Crippen LogP contribution in [-0.4, -0.2) is 41.5 Å². The summed E-state index contributed by atoms with van der Waals surface area (Å²) in [7, 11) is 0. The molecule has 1 aliphatic rings. The molecule has 2 unspecified atom stereocenters. The predicted octanol–water partition coefficient (Wildman–Crippen LogP) is 1.32. The molecular weight excluding hydrogens is 244 g/mol. The minimum atomic E-state index is -0.790. The highest BCUT2D eigenvalue weighted by Crippen LogP contribution is 2.34. The van der Waals surface area contributed by atoms with Gasteiger partial charge in [0.25, 0.3) is 0 Å². The first-order valence-corrected chi connectivity index (χ1v) is 7.00. The fourth-order valence-corrected chi connectivity index (χ4v) is 2.48. The van der Waals surface area contributed by atoms with Gasteiger partial charge in [-0.25, -0.2) is 0 Å². The molecule has 0 radical (unpaired) electrons. The summed E-state index contributed by atoms with van der Waals surface area (Å²) in [6.07, 6.45) is 2.20. The topological polar surface area (TPSA) is 83.6 Å². The molecule has 5 nitrogen and oxygen atoms in total. The molecular formula is C14H26N2O3. The monoisotopic (exact) mass is 270 g/mol. The van der Waals surface area contributed by atoms with Crippen LogP contribution in [0.3, 0.4) is 0 Å². The van der Waals surface area contributed by atoms with Crippen molar-refractivity contribution in [2.45, 2.75) is 40.0 Å². The van der Waals surface area contributed by atoms with Crippen molar-refractivity contribution in [3.63, 3.8) is 0 Å². The molecule has 1 rings (SSSR count). The van der Waals surface area contributed by atoms with E-state index in [2.05, 4.69) is 0 Å². The number of nitrogens with two attached hydrogens (primary N) is 1. The van der Waals surface area contributed by atoms with Gasteiger partial charge in [-0.1, -0.05) is 6.92 Å². The Hall–Kier alpha value is -1.10. The zero-order valence-electron chi connectivity index (χ0n) is 12.2. The SMILES string of the molecule is CC(CN)CC(=O)N1CCCC(C(C)(C)C(=O)O)C1. The van der Waals surface area contributed by atoms with Gasteiger partial charge in [-0.3, -0.25) is 9.59 Å². The molecule has 0 saturated carbocycles. The summed E-state index contributed by atoms with van der Waals surface area (Å²) in [5.74, 6) is -0.484. The molecule has 1 saturated heterocycles. The van der Waals surface area contributed by atoms with Gasteiger partial charge in [-0.15, -0.1) is 0 Å². The number of carbonyl (C=O) groups is 2. The Kier molecular flexibility index (Phi) is 5.35. The number of carbonyl (C=O) groups excluding carboxylic acids is 1. The maximum atomic E-state index is 12.1. The number of nitrogens with zero attached hydrogens (tertiary/aromatic N) is 1. The molecule has 5 heteroatoms. The molecule has 0 aromatic heterocycles. The van der Waals surface area contributed by atoms with Crippen LogP contribution in [0.25, 0.3) is 0 Å². The fourth-order valence-electron chi connectivity index (χ4n) is 2.48. The summed E-state index contributed by atoms with van der Waals surface area (Å²) in [5, 5.41) is 9.28. The Morgan fingerprint density at radius 2 is 2.11 bits per heavy atom. The predicted molar refractivity (Wildman–Crippen MR) is 73.6 cm³/mol. The number of likely N-dealkylation sites (tertiary alicyclic amines) is 1. The van der Waals surface area contributed by atoms with E-state index in [1.807, 2.05) is 11.8 Å². The Labute approximate surface area is 115 Å². The van der Waals surface area contributed by atoms with Crippen LogP contribution < -0.4 is 5.73 Å². The van der Waals surface area contributed by atoms with E-state index in [4.69, 9.17) is 5.73 Å². The van der Waals surface area contributed by atoms with Crippen LogP contribution in [0.5, 0.6) is 0 Å². The van der Waals surface area contributed by atoms with E-state index < -0.39 is 11.4 Å². The van der Waals surface area contributed by atoms with Crippen LogP contribution in [0.1, 0.15) is 40.0 Å². The summed E-state index contributed by atoms with van der Waals surface area (Å²) in [6, 6.07) is 0. The fraction of sp³-hybridized carbons (Fsp3) is 0.857. The highest BCUT2D eigenvalue weighted by atomic mass is 16.4. The molecule has 1 fully saturated rings. The van der Waals surface area contributed by atoms with Gasteiger partial charge in [0, 0.05) is 19.5 Å². The van der Waals surface area contributed by atoms with Gasteiger partial charge < -0.3 is 15.7 Å². The van der Waals surface area contributed by atoms with Crippen LogP contribution >= 0.6 is 0 Å². The minimum absolute atomic E-state index is 0.0240. The van der Waals surface area contributed by atoms with Gasteiger partial charge in [0.1, 0.15) is 0 Å². The number of piperidine rings is 1. The van der Waals surface area contributed by atoms with Crippen molar-refractivity contribution >= 4 is 11.9 Å². The van der Waals surface area contributed by atoms with Gasteiger partial charge in [-0.2, -0.15) is 0 Å². The lowest BCUT2D eigenvalue weighted by atomic mass is 9.74. The summed E-state index contributed by atoms with van der Waals surface area (Å²) in [5.41, 5.74) is 4.76. The summed E-state index contributed by atoms with van der Waals surface area (Å²) in [6.45, 7) is 7.24. The maximum absolute atomic E-state index is 12.1. The Morgan fingerprint density at radius 1 is 1.47 bits per heavy atom. The number of hydrogen-bond donors (Lipinski definition) is 2. The summed E-state index contributed by atoms with van der Waals surface area (Å²) in [4.78, 5) is 25.2. The second-order valence-corrected chi connectivity index (χ2v) is 6.25. The first-order chi connectivity index (χ1) is 8.78. The first kappa shape index (κ1) is 16.0. The molecule has 0 aliphatic carbocycles. The van der Waals surface area contributed by atoms with Gasteiger partial charge >= 0.3 is 5.97 Å². The molecule has 2 atom stereocenters. The van der Waals surface area contributed by atoms with Gasteiger partial charge in [0.15, 0.2) is 0 Å². The second-order valence-electron chi connectivity index (χ2n) is 6.25.